The summed E-state index contributed by atoms with van der Waals surface area (Å²) in [5, 5.41) is 28.8. The first-order valence-corrected chi connectivity index (χ1v) is 10.8. The Morgan fingerprint density at radius 2 is 2.03 bits per heavy atom. The molecule has 9 nitrogen and oxygen atoms in total. The van der Waals surface area contributed by atoms with Crippen molar-refractivity contribution in [3.63, 3.8) is 0 Å². The molecule has 2 aliphatic carbocycles. The second kappa shape index (κ2) is 10.6. The van der Waals surface area contributed by atoms with Crippen molar-refractivity contribution in [1.29, 1.82) is 10.8 Å². The summed E-state index contributed by atoms with van der Waals surface area (Å²) < 4.78 is 46.4. The minimum absolute atomic E-state index is 0.0612. The molecule has 1 aromatic rings. The van der Waals surface area contributed by atoms with Crippen LogP contribution >= 0.6 is 0 Å². The van der Waals surface area contributed by atoms with Gasteiger partial charge in [-0.05, 0) is 38.5 Å². The van der Waals surface area contributed by atoms with Gasteiger partial charge >= 0.3 is 6.18 Å². The van der Waals surface area contributed by atoms with E-state index in [2.05, 4.69) is 20.3 Å². The van der Waals surface area contributed by atoms with Gasteiger partial charge in [0.1, 0.15) is 11.4 Å². The van der Waals surface area contributed by atoms with E-state index >= 15 is 0 Å². The molecule has 12 heteroatoms. The van der Waals surface area contributed by atoms with Crippen molar-refractivity contribution in [3.05, 3.63) is 29.7 Å². The van der Waals surface area contributed by atoms with Crippen LogP contribution in [0.15, 0.2) is 34.1 Å². The zero-order valence-corrected chi connectivity index (χ0v) is 18.3. The molecule has 0 amide bonds. The zero-order valence-electron chi connectivity index (χ0n) is 18.3. The molecule has 2 atom stereocenters. The molecule has 1 aromatic heterocycles. The number of ether oxygens (including phenoxy) is 1. The molecule has 2 fully saturated rings. The number of hydrogen-bond donors (Lipinski definition) is 4. The Morgan fingerprint density at radius 3 is 2.64 bits per heavy atom. The van der Waals surface area contributed by atoms with E-state index in [9.17, 15) is 18.3 Å². The molecule has 2 aliphatic rings. The van der Waals surface area contributed by atoms with Gasteiger partial charge in [0.2, 0.25) is 17.5 Å². The van der Waals surface area contributed by atoms with Gasteiger partial charge in [-0.15, -0.1) is 0 Å². The van der Waals surface area contributed by atoms with E-state index in [0.29, 0.717) is 12.6 Å². The predicted molar refractivity (Wildman–Crippen MR) is 116 cm³/mol. The van der Waals surface area contributed by atoms with Crippen LogP contribution in [0.3, 0.4) is 0 Å². The molecule has 4 N–H and O–H groups in total. The van der Waals surface area contributed by atoms with Gasteiger partial charge in [0, 0.05) is 37.5 Å². The van der Waals surface area contributed by atoms with E-state index in [1.165, 1.54) is 23.9 Å². The topological polar surface area (TPSA) is 132 Å². The average molecular weight is 467 g/mol. The van der Waals surface area contributed by atoms with Gasteiger partial charge in [-0.2, -0.15) is 18.2 Å². The minimum atomic E-state index is -4.60. The maximum absolute atomic E-state index is 13.3. The highest BCUT2D eigenvalue weighted by molar-refractivity contribution is 5.94. The Bertz CT molecular complexity index is 996. The summed E-state index contributed by atoms with van der Waals surface area (Å²) in [4.78, 5) is 11.5. The Hall–Kier alpha value is -3.18. The van der Waals surface area contributed by atoms with Gasteiger partial charge in [0.05, 0.1) is 12.4 Å². The summed E-state index contributed by atoms with van der Waals surface area (Å²) >= 11 is 0. The van der Waals surface area contributed by atoms with E-state index in [-0.39, 0.29) is 41.4 Å². The highest BCUT2D eigenvalue weighted by Gasteiger charge is 2.34. The van der Waals surface area contributed by atoms with Crippen LogP contribution in [-0.2, 0) is 4.74 Å². The molecular weight excluding hydrogens is 439 g/mol. The number of alkyl halides is 3. The number of aliphatic imine (C=N–C) groups is 2. The monoisotopic (exact) mass is 467 g/mol. The minimum Gasteiger partial charge on any atom is -0.497 e. The summed E-state index contributed by atoms with van der Waals surface area (Å²) in [6.07, 6.45) is 3.32. The lowest BCUT2D eigenvalue weighted by molar-refractivity contribution is -0.0888. The van der Waals surface area contributed by atoms with Crippen LogP contribution in [-0.4, -0.2) is 58.0 Å². The smallest absolute Gasteiger partial charge is 0.420 e. The first-order chi connectivity index (χ1) is 15.7. The number of guanidine groups is 1. The first-order valence-electron chi connectivity index (χ1n) is 10.8. The lowest BCUT2D eigenvalue weighted by atomic mass is 9.85. The number of aromatic hydroxyl groups is 1. The molecule has 0 radical (unpaired) electrons. The van der Waals surface area contributed by atoms with Crippen LogP contribution in [0.1, 0.15) is 44.9 Å². The largest absolute Gasteiger partial charge is 0.497 e. The summed E-state index contributed by atoms with van der Waals surface area (Å²) in [5.41, 5.74) is -1.23. The van der Waals surface area contributed by atoms with Crippen molar-refractivity contribution in [2.45, 2.75) is 63.3 Å². The normalized spacial score (nSPS) is 22.8. The zero-order chi connectivity index (χ0) is 24.0. The SMILES string of the molecule is C\N=C(/N=C\C(=C\OC1CCC1)C(F)(F)F)N[C@@H]1CCC[C@H](C(=N)n2ccc(O)nc2=N)C1. The number of nitrogens with one attached hydrogen (secondary N) is 3. The Kier molecular flexibility index (Phi) is 7.88. The highest BCUT2D eigenvalue weighted by atomic mass is 19.4. The fourth-order valence-electron chi connectivity index (χ4n) is 3.69. The summed E-state index contributed by atoms with van der Waals surface area (Å²) in [5.74, 6) is -0.251. The third-order valence-corrected chi connectivity index (χ3v) is 5.78. The molecule has 3 rings (SSSR count). The van der Waals surface area contributed by atoms with Crippen LogP contribution < -0.4 is 10.9 Å². The predicted octanol–water partition coefficient (Wildman–Crippen LogP) is 3.11. The van der Waals surface area contributed by atoms with Crippen molar-refractivity contribution in [1.82, 2.24) is 14.9 Å². The van der Waals surface area contributed by atoms with Crippen molar-refractivity contribution < 1.29 is 23.0 Å². The lowest BCUT2D eigenvalue weighted by Crippen LogP contribution is -2.42. The third kappa shape index (κ3) is 6.65. The van der Waals surface area contributed by atoms with E-state index in [1.54, 1.807) is 0 Å². The number of rotatable bonds is 5. The Labute approximate surface area is 189 Å². The first kappa shape index (κ1) is 24.5. The summed E-state index contributed by atoms with van der Waals surface area (Å²) in [6, 6.07) is 1.16. The van der Waals surface area contributed by atoms with Crippen LogP contribution in [0.4, 0.5) is 13.2 Å². The van der Waals surface area contributed by atoms with Crippen LogP contribution in [0.5, 0.6) is 5.88 Å². The Balaban J connectivity index is 1.64. The Morgan fingerprint density at radius 1 is 1.30 bits per heavy atom. The molecule has 0 saturated heterocycles. The standard InChI is InChI=1S/C21H28F3N7O2/c1-27-20(28-11-14(21(22,23)24)12-33-16-6-3-7-16)29-15-5-2-4-13(10-15)18(25)31-9-8-17(32)30-19(31)26/h8-9,11-13,15-16,25H,2-7,10H2,1H3,(H,27,29)(H2,26,30,32)/b14-12-,25-18?,28-11-/t13-,15+/m0/s1. The number of aromatic nitrogens is 2. The fourth-order valence-corrected chi connectivity index (χ4v) is 3.69. The highest BCUT2D eigenvalue weighted by Crippen LogP contribution is 2.28. The molecule has 0 spiro atoms. The third-order valence-electron chi connectivity index (χ3n) is 5.78. The number of nitrogens with zero attached hydrogens (tertiary/aromatic N) is 4. The fraction of sp³-hybridized carbons (Fsp3) is 0.571. The van der Waals surface area contributed by atoms with Gasteiger partial charge in [0.25, 0.3) is 0 Å². The summed E-state index contributed by atoms with van der Waals surface area (Å²) in [6.45, 7) is 0. The van der Waals surface area contributed by atoms with Crippen molar-refractivity contribution in [2.24, 2.45) is 15.9 Å². The van der Waals surface area contributed by atoms with E-state index < -0.39 is 11.7 Å². The van der Waals surface area contributed by atoms with Gasteiger partial charge in [-0.1, -0.05) is 6.42 Å². The lowest BCUT2D eigenvalue weighted by Gasteiger charge is -2.30. The van der Waals surface area contributed by atoms with Crippen molar-refractivity contribution in [2.75, 3.05) is 7.05 Å². The molecular formula is C21H28F3N7O2. The van der Waals surface area contributed by atoms with Gasteiger partial charge in [0.15, 0.2) is 0 Å². The van der Waals surface area contributed by atoms with Crippen LogP contribution in [0.25, 0.3) is 0 Å². The summed E-state index contributed by atoms with van der Waals surface area (Å²) in [7, 11) is 1.44. The maximum atomic E-state index is 13.3. The molecule has 180 valence electrons. The van der Waals surface area contributed by atoms with Crippen LogP contribution in [0, 0.1) is 16.7 Å². The molecule has 0 aliphatic heterocycles. The van der Waals surface area contributed by atoms with E-state index in [0.717, 1.165) is 44.8 Å². The van der Waals surface area contributed by atoms with Crippen molar-refractivity contribution >= 4 is 18.0 Å². The maximum Gasteiger partial charge on any atom is 0.420 e. The molecule has 0 bridgehead atoms. The van der Waals surface area contributed by atoms with Crippen LogP contribution in [0.2, 0.25) is 0 Å². The molecule has 0 aromatic carbocycles. The molecule has 1 heterocycles. The van der Waals surface area contributed by atoms with E-state index in [4.69, 9.17) is 15.6 Å². The second-order valence-corrected chi connectivity index (χ2v) is 8.13. The quantitative estimate of drug-likeness (QED) is 0.301. The van der Waals surface area contributed by atoms with Crippen molar-refractivity contribution in [3.8, 4) is 5.88 Å². The number of halogens is 3. The number of hydrogen-bond acceptors (Lipinski definition) is 6. The second-order valence-electron chi connectivity index (χ2n) is 8.13. The van der Waals surface area contributed by atoms with E-state index in [1.807, 2.05) is 0 Å². The molecule has 2 saturated carbocycles. The number of allylic oxidation sites excluding steroid dienone is 1. The van der Waals surface area contributed by atoms with Gasteiger partial charge in [-0.25, -0.2) is 4.99 Å². The average Bonchev–Trinajstić information content (AvgIpc) is 2.72. The molecule has 0 unspecified atom stereocenters. The molecule has 33 heavy (non-hydrogen) atoms. The van der Waals surface area contributed by atoms with Gasteiger partial charge in [-0.3, -0.25) is 20.4 Å². The van der Waals surface area contributed by atoms with Gasteiger partial charge < -0.3 is 15.2 Å².